The number of carbonyl (C=O) groups is 2. The fraction of sp³-hybridized carbons (Fsp3) is 0.714. The number of aliphatic hydroxyl groups excluding tert-OH is 2. The Balaban J connectivity index is 2.30. The van der Waals surface area contributed by atoms with Gasteiger partial charge in [-0.1, -0.05) is 12.8 Å². The fourth-order valence-corrected chi connectivity index (χ4v) is 3.26. The molecule has 8 heteroatoms. The molecule has 0 aromatic rings. The molecule has 0 saturated heterocycles. The molecule has 2 atom stereocenters. The maximum absolute atomic E-state index is 13.8. The monoisotopic (exact) mass is 416 g/mol. The fourth-order valence-electron chi connectivity index (χ4n) is 3.26. The molecule has 166 valence electrons. The third kappa shape index (κ3) is 11.1. The first-order chi connectivity index (χ1) is 14.0. The minimum atomic E-state index is -0.823. The molecule has 29 heavy (non-hydrogen) atoms. The molecule has 2 amide bonds. The largest absolute Gasteiger partial charge is 0.396 e. The second-order valence-electron chi connectivity index (χ2n) is 7.40. The van der Waals surface area contributed by atoms with Crippen molar-refractivity contribution in [2.24, 2.45) is 0 Å². The molecule has 0 bridgehead atoms. The van der Waals surface area contributed by atoms with Gasteiger partial charge in [0.05, 0.1) is 0 Å². The minimum absolute atomic E-state index is 0.108. The van der Waals surface area contributed by atoms with Crippen LogP contribution in [0.3, 0.4) is 0 Å². The first-order valence-electron chi connectivity index (χ1n) is 10.5. The molecule has 0 unspecified atom stereocenters. The van der Waals surface area contributed by atoms with Crippen molar-refractivity contribution in [3.05, 3.63) is 23.8 Å². The van der Waals surface area contributed by atoms with Gasteiger partial charge in [0, 0.05) is 25.3 Å². The Bertz CT molecular complexity index is 519. The number of halogens is 2. The van der Waals surface area contributed by atoms with E-state index >= 15 is 0 Å². The number of amides is 2. The van der Waals surface area contributed by atoms with Crippen LogP contribution in [0.4, 0.5) is 8.78 Å². The van der Waals surface area contributed by atoms with E-state index in [2.05, 4.69) is 10.6 Å². The average Bonchev–Trinajstić information content (AvgIpc) is 3.13. The van der Waals surface area contributed by atoms with Crippen LogP contribution in [0.2, 0.25) is 0 Å². The molecule has 6 nitrogen and oxygen atoms in total. The molecule has 1 rings (SSSR count). The SMILES string of the molecule is O=C(N[C@H]1CC[C@@H](NC(=O)/C(F)=C\CCCCCO)C1)/C(F)=C/CCCCCO. The van der Waals surface area contributed by atoms with Crippen molar-refractivity contribution in [2.45, 2.75) is 82.7 Å². The molecule has 1 saturated carbocycles. The number of aliphatic hydroxyl groups is 2. The van der Waals surface area contributed by atoms with Crippen LogP contribution >= 0.6 is 0 Å². The Labute approximate surface area is 171 Å². The van der Waals surface area contributed by atoms with Crippen molar-refractivity contribution < 1.29 is 28.6 Å². The van der Waals surface area contributed by atoms with Crippen LogP contribution in [0, 0.1) is 0 Å². The van der Waals surface area contributed by atoms with E-state index in [1.807, 2.05) is 0 Å². The summed E-state index contributed by atoms with van der Waals surface area (Å²) in [4.78, 5) is 23.8. The molecule has 0 aromatic carbocycles. The Morgan fingerprint density at radius 2 is 1.17 bits per heavy atom. The highest BCUT2D eigenvalue weighted by Crippen LogP contribution is 2.20. The summed E-state index contributed by atoms with van der Waals surface area (Å²) in [6.45, 7) is 0.215. The van der Waals surface area contributed by atoms with Gasteiger partial charge in [-0.3, -0.25) is 9.59 Å². The van der Waals surface area contributed by atoms with E-state index in [-0.39, 0.29) is 25.3 Å². The van der Waals surface area contributed by atoms with Crippen LogP contribution < -0.4 is 10.6 Å². The van der Waals surface area contributed by atoms with E-state index in [0.717, 1.165) is 12.8 Å². The lowest BCUT2D eigenvalue weighted by Gasteiger charge is -2.14. The maximum Gasteiger partial charge on any atom is 0.279 e. The predicted octanol–water partition coefficient (Wildman–Crippen LogP) is 2.95. The summed E-state index contributed by atoms with van der Waals surface area (Å²) >= 11 is 0. The van der Waals surface area contributed by atoms with E-state index in [0.29, 0.717) is 57.8 Å². The Morgan fingerprint density at radius 1 is 0.759 bits per heavy atom. The van der Waals surface area contributed by atoms with Gasteiger partial charge >= 0.3 is 0 Å². The number of hydrogen-bond acceptors (Lipinski definition) is 4. The van der Waals surface area contributed by atoms with Crippen LogP contribution in [0.15, 0.2) is 23.8 Å². The number of carbonyl (C=O) groups excluding carboxylic acids is 2. The number of nitrogens with one attached hydrogen (secondary N) is 2. The van der Waals surface area contributed by atoms with Crippen LogP contribution in [-0.4, -0.2) is 47.3 Å². The minimum Gasteiger partial charge on any atom is -0.396 e. The number of rotatable bonds is 14. The molecule has 0 heterocycles. The van der Waals surface area contributed by atoms with E-state index < -0.39 is 23.5 Å². The zero-order valence-electron chi connectivity index (χ0n) is 17.0. The smallest absolute Gasteiger partial charge is 0.279 e. The Kier molecular flexibility index (Phi) is 13.1. The molecule has 4 N–H and O–H groups in total. The molecule has 0 aliphatic heterocycles. The normalized spacial score (nSPS) is 20.0. The van der Waals surface area contributed by atoms with E-state index in [1.54, 1.807) is 0 Å². The summed E-state index contributed by atoms with van der Waals surface area (Å²) < 4.78 is 27.7. The third-order valence-corrected chi connectivity index (χ3v) is 4.91. The highest BCUT2D eigenvalue weighted by Gasteiger charge is 2.28. The van der Waals surface area contributed by atoms with Gasteiger partial charge in [-0.15, -0.1) is 0 Å². The van der Waals surface area contributed by atoms with Gasteiger partial charge in [0.25, 0.3) is 11.8 Å². The average molecular weight is 417 g/mol. The summed E-state index contributed by atoms with van der Waals surface area (Å²) in [5.74, 6) is -3.18. The Morgan fingerprint density at radius 3 is 1.55 bits per heavy atom. The summed E-state index contributed by atoms with van der Waals surface area (Å²) in [5.41, 5.74) is 0. The van der Waals surface area contributed by atoms with Gasteiger partial charge in [-0.25, -0.2) is 8.78 Å². The predicted molar refractivity (Wildman–Crippen MR) is 107 cm³/mol. The molecule has 0 spiro atoms. The first kappa shape index (κ1) is 25.2. The van der Waals surface area contributed by atoms with E-state index in [4.69, 9.17) is 10.2 Å². The van der Waals surface area contributed by atoms with Gasteiger partial charge in [0.2, 0.25) is 0 Å². The summed E-state index contributed by atoms with van der Waals surface area (Å²) in [5, 5.41) is 22.6. The highest BCUT2D eigenvalue weighted by atomic mass is 19.1. The summed E-state index contributed by atoms with van der Waals surface area (Å²) in [6, 6.07) is -0.515. The second-order valence-corrected chi connectivity index (χ2v) is 7.40. The quantitative estimate of drug-likeness (QED) is 0.258. The summed E-state index contributed by atoms with van der Waals surface area (Å²) in [7, 11) is 0. The van der Waals surface area contributed by atoms with Crippen LogP contribution in [0.25, 0.3) is 0 Å². The van der Waals surface area contributed by atoms with Crippen molar-refractivity contribution >= 4 is 11.8 Å². The van der Waals surface area contributed by atoms with Crippen molar-refractivity contribution in [2.75, 3.05) is 13.2 Å². The topological polar surface area (TPSA) is 98.7 Å². The zero-order chi connectivity index (χ0) is 21.5. The first-order valence-corrected chi connectivity index (χ1v) is 10.5. The maximum atomic E-state index is 13.8. The van der Waals surface area contributed by atoms with Gasteiger partial charge in [-0.05, 0) is 69.9 Å². The van der Waals surface area contributed by atoms with Crippen LogP contribution in [0.1, 0.15) is 70.6 Å². The molecule has 0 radical (unpaired) electrons. The van der Waals surface area contributed by atoms with Gasteiger partial charge in [-0.2, -0.15) is 0 Å². The molecule has 1 aliphatic carbocycles. The summed E-state index contributed by atoms with van der Waals surface area (Å²) in [6.07, 6.45) is 9.29. The standard InChI is InChI=1S/C21H34F2N2O4/c22-18(9-5-1-3-7-13-26)20(28)24-16-11-12-17(15-16)25-21(29)19(23)10-6-2-4-8-14-27/h9-10,16-17,26-27H,1-8,11-15H2,(H,24,28)(H,25,29)/b18-9-,19-10+/t16-,17+/m0/s1. The van der Waals surface area contributed by atoms with Gasteiger partial charge in [0.1, 0.15) is 0 Å². The lowest BCUT2D eigenvalue weighted by Crippen LogP contribution is -2.37. The van der Waals surface area contributed by atoms with Crippen molar-refractivity contribution in [3.63, 3.8) is 0 Å². The molecule has 0 aromatic heterocycles. The highest BCUT2D eigenvalue weighted by molar-refractivity contribution is 5.92. The van der Waals surface area contributed by atoms with Gasteiger partial charge in [0.15, 0.2) is 11.7 Å². The molecule has 1 aliphatic rings. The Hall–Kier alpha value is -1.80. The number of hydrogen-bond donors (Lipinski definition) is 4. The van der Waals surface area contributed by atoms with Gasteiger partial charge < -0.3 is 20.8 Å². The number of unbranched alkanes of at least 4 members (excludes halogenated alkanes) is 6. The lowest BCUT2D eigenvalue weighted by atomic mass is 10.2. The molecule has 1 fully saturated rings. The van der Waals surface area contributed by atoms with Crippen LogP contribution in [0.5, 0.6) is 0 Å². The lowest BCUT2D eigenvalue weighted by molar-refractivity contribution is -0.119. The number of allylic oxidation sites excluding steroid dienone is 2. The van der Waals surface area contributed by atoms with Crippen molar-refractivity contribution in [1.29, 1.82) is 0 Å². The van der Waals surface area contributed by atoms with Crippen molar-refractivity contribution in [1.82, 2.24) is 10.6 Å². The molecular formula is C21H34F2N2O4. The third-order valence-electron chi connectivity index (χ3n) is 4.91. The zero-order valence-corrected chi connectivity index (χ0v) is 17.0. The van der Waals surface area contributed by atoms with E-state index in [9.17, 15) is 18.4 Å². The van der Waals surface area contributed by atoms with Crippen molar-refractivity contribution in [3.8, 4) is 0 Å². The van der Waals surface area contributed by atoms with Crippen LogP contribution in [-0.2, 0) is 9.59 Å². The van der Waals surface area contributed by atoms with E-state index in [1.165, 1.54) is 12.2 Å². The second kappa shape index (κ2) is 15.1. The molecular weight excluding hydrogens is 382 g/mol.